The second-order valence-electron chi connectivity index (χ2n) is 6.94. The van der Waals surface area contributed by atoms with Gasteiger partial charge in [0.15, 0.2) is 11.6 Å². The van der Waals surface area contributed by atoms with Crippen LogP contribution >= 0.6 is 11.3 Å². The first-order valence-corrected chi connectivity index (χ1v) is 11.2. The third kappa shape index (κ3) is 5.79. The normalized spacial score (nSPS) is 10.9. The number of carbonyl (C=O) groups excluding carboxylic acids is 2. The van der Waals surface area contributed by atoms with Crippen LogP contribution in [0.15, 0.2) is 36.4 Å². The van der Waals surface area contributed by atoms with Gasteiger partial charge in [0.2, 0.25) is 5.91 Å². The van der Waals surface area contributed by atoms with Crippen molar-refractivity contribution >= 4 is 39.1 Å². The van der Waals surface area contributed by atoms with Crippen molar-refractivity contribution in [1.82, 2.24) is 4.98 Å². The van der Waals surface area contributed by atoms with E-state index in [0.717, 1.165) is 23.8 Å². The maximum absolute atomic E-state index is 14.1. The van der Waals surface area contributed by atoms with E-state index in [0.29, 0.717) is 28.6 Å². The number of halogens is 2. The van der Waals surface area contributed by atoms with E-state index in [1.54, 1.807) is 31.2 Å². The van der Waals surface area contributed by atoms with E-state index in [9.17, 15) is 18.4 Å². The summed E-state index contributed by atoms with van der Waals surface area (Å²) in [6, 6.07) is 9.41. The van der Waals surface area contributed by atoms with Gasteiger partial charge in [0.25, 0.3) is 0 Å². The maximum Gasteiger partial charge on any atom is 0.306 e. The number of benzene rings is 2. The first kappa shape index (κ1) is 23.6. The lowest BCUT2D eigenvalue weighted by Gasteiger charge is -2.22. The highest BCUT2D eigenvalue weighted by Crippen LogP contribution is 2.29. The van der Waals surface area contributed by atoms with Crippen LogP contribution in [0.3, 0.4) is 0 Å². The predicted octanol–water partition coefficient (Wildman–Crippen LogP) is 5.24. The summed E-state index contributed by atoms with van der Waals surface area (Å²) in [7, 11) is 0. The number of anilines is 1. The smallest absolute Gasteiger partial charge is 0.306 e. The molecular weight excluding hydrogens is 438 g/mol. The molecule has 0 saturated heterocycles. The number of aromatic nitrogens is 1. The minimum Gasteiger partial charge on any atom is -0.494 e. The summed E-state index contributed by atoms with van der Waals surface area (Å²) in [5.41, 5.74) is 0.903. The van der Waals surface area contributed by atoms with Gasteiger partial charge < -0.3 is 14.4 Å². The summed E-state index contributed by atoms with van der Waals surface area (Å²) in [5.74, 6) is -2.00. The van der Waals surface area contributed by atoms with Crippen molar-refractivity contribution in [1.29, 1.82) is 0 Å². The monoisotopic (exact) mass is 462 g/mol. The van der Waals surface area contributed by atoms with Crippen LogP contribution in [0, 0.1) is 11.6 Å². The Morgan fingerprint density at radius 1 is 1.06 bits per heavy atom. The fraction of sp³-hybridized carbons (Fsp3) is 0.348. The SMILES string of the molecule is CCCOc1ccc(N(Cc2nc3ccc(F)c(F)c3s2)C(=O)CCC(=O)OCC)cc1. The maximum atomic E-state index is 14.1. The van der Waals surface area contributed by atoms with Crippen LogP contribution < -0.4 is 9.64 Å². The van der Waals surface area contributed by atoms with E-state index >= 15 is 0 Å². The molecule has 3 rings (SSSR count). The molecule has 1 aromatic heterocycles. The summed E-state index contributed by atoms with van der Waals surface area (Å²) >= 11 is 0.989. The van der Waals surface area contributed by atoms with Gasteiger partial charge in [-0.15, -0.1) is 11.3 Å². The number of rotatable bonds is 10. The Bertz CT molecular complexity index is 1090. The summed E-state index contributed by atoms with van der Waals surface area (Å²) in [6.07, 6.45) is 0.760. The Balaban J connectivity index is 1.85. The molecule has 0 saturated carbocycles. The largest absolute Gasteiger partial charge is 0.494 e. The minimum atomic E-state index is -0.955. The van der Waals surface area contributed by atoms with Gasteiger partial charge in [-0.05, 0) is 49.7 Å². The second kappa shape index (κ2) is 11.0. The third-order valence-electron chi connectivity index (χ3n) is 4.56. The Kier molecular flexibility index (Phi) is 8.10. The molecule has 6 nitrogen and oxygen atoms in total. The molecule has 0 aliphatic rings. The zero-order chi connectivity index (χ0) is 23.1. The molecule has 0 fully saturated rings. The van der Waals surface area contributed by atoms with E-state index in [4.69, 9.17) is 9.47 Å². The molecule has 0 N–H and O–H groups in total. The van der Waals surface area contributed by atoms with Gasteiger partial charge in [0.05, 0.1) is 36.4 Å². The molecule has 2 aromatic carbocycles. The minimum absolute atomic E-state index is 0.0528. The number of thiazole rings is 1. The molecule has 0 spiro atoms. The van der Waals surface area contributed by atoms with E-state index in [2.05, 4.69) is 4.98 Å². The molecule has 0 bridgehead atoms. The van der Waals surface area contributed by atoms with Crippen LogP contribution in [0.1, 0.15) is 38.1 Å². The Morgan fingerprint density at radius 2 is 1.81 bits per heavy atom. The number of amides is 1. The highest BCUT2D eigenvalue weighted by Gasteiger charge is 2.21. The summed E-state index contributed by atoms with van der Waals surface area (Å²) in [6.45, 7) is 4.57. The standard InChI is InChI=1S/C23H24F2N2O4S/c1-3-13-31-16-7-5-15(6-8-16)27(20(28)11-12-21(29)30-4-2)14-19-26-18-10-9-17(24)22(25)23(18)32-19/h5-10H,3-4,11-14H2,1-2H3. The number of carbonyl (C=O) groups is 2. The number of ether oxygens (including phenoxy) is 2. The molecule has 32 heavy (non-hydrogen) atoms. The summed E-state index contributed by atoms with van der Waals surface area (Å²) < 4.78 is 38.3. The molecule has 0 unspecified atom stereocenters. The Morgan fingerprint density at radius 3 is 2.50 bits per heavy atom. The average molecular weight is 463 g/mol. The molecule has 9 heteroatoms. The molecule has 3 aromatic rings. The van der Waals surface area contributed by atoms with E-state index < -0.39 is 17.6 Å². The highest BCUT2D eigenvalue weighted by molar-refractivity contribution is 7.18. The van der Waals surface area contributed by atoms with E-state index in [1.807, 2.05) is 6.92 Å². The lowest BCUT2D eigenvalue weighted by Crippen LogP contribution is -2.30. The molecule has 0 aliphatic heterocycles. The van der Waals surface area contributed by atoms with Crippen LogP contribution in [0.4, 0.5) is 14.5 Å². The number of nitrogens with zero attached hydrogens (tertiary/aromatic N) is 2. The Hall–Kier alpha value is -3.07. The molecule has 0 aliphatic carbocycles. The van der Waals surface area contributed by atoms with Crippen molar-refractivity contribution in [2.24, 2.45) is 0 Å². The molecule has 0 radical (unpaired) electrons. The first-order valence-electron chi connectivity index (χ1n) is 10.3. The van der Waals surface area contributed by atoms with Gasteiger partial charge in [-0.1, -0.05) is 6.92 Å². The molecule has 1 heterocycles. The Labute approximate surface area is 188 Å². The lowest BCUT2D eigenvalue weighted by molar-refractivity contribution is -0.144. The quantitative estimate of drug-likeness (QED) is 0.386. The topological polar surface area (TPSA) is 68.7 Å². The van der Waals surface area contributed by atoms with Gasteiger partial charge in [-0.25, -0.2) is 13.8 Å². The number of fused-ring (bicyclic) bond motifs is 1. The van der Waals surface area contributed by atoms with Gasteiger partial charge >= 0.3 is 5.97 Å². The van der Waals surface area contributed by atoms with Crippen LogP contribution in [0.5, 0.6) is 5.75 Å². The zero-order valence-electron chi connectivity index (χ0n) is 17.9. The number of esters is 1. The van der Waals surface area contributed by atoms with Crippen LogP contribution in [0.2, 0.25) is 0 Å². The fourth-order valence-electron chi connectivity index (χ4n) is 3.03. The summed E-state index contributed by atoms with van der Waals surface area (Å²) in [5, 5.41) is 0.445. The molecule has 1 amide bonds. The van der Waals surface area contributed by atoms with Crippen molar-refractivity contribution in [3.8, 4) is 5.75 Å². The zero-order valence-corrected chi connectivity index (χ0v) is 18.7. The van der Waals surface area contributed by atoms with Crippen LogP contribution in [-0.4, -0.2) is 30.1 Å². The van der Waals surface area contributed by atoms with Crippen LogP contribution in [0.25, 0.3) is 10.2 Å². The van der Waals surface area contributed by atoms with Crippen LogP contribution in [-0.2, 0) is 20.9 Å². The van der Waals surface area contributed by atoms with Gasteiger partial charge in [0, 0.05) is 12.1 Å². The van der Waals surface area contributed by atoms with Crippen molar-refractivity contribution in [3.05, 3.63) is 53.0 Å². The molecule has 0 atom stereocenters. The average Bonchev–Trinajstić information content (AvgIpc) is 3.21. The van der Waals surface area contributed by atoms with Gasteiger partial charge in [0.1, 0.15) is 10.8 Å². The number of hydrogen-bond donors (Lipinski definition) is 0. The van der Waals surface area contributed by atoms with Crippen molar-refractivity contribution in [2.75, 3.05) is 18.1 Å². The highest BCUT2D eigenvalue weighted by atomic mass is 32.1. The third-order valence-corrected chi connectivity index (χ3v) is 5.61. The van der Waals surface area contributed by atoms with Gasteiger partial charge in [-0.2, -0.15) is 0 Å². The van der Waals surface area contributed by atoms with E-state index in [-0.39, 0.29) is 36.6 Å². The van der Waals surface area contributed by atoms with Crippen molar-refractivity contribution < 1.29 is 27.8 Å². The lowest BCUT2D eigenvalue weighted by atomic mass is 10.2. The van der Waals surface area contributed by atoms with Crippen molar-refractivity contribution in [2.45, 2.75) is 39.7 Å². The fourth-order valence-corrected chi connectivity index (χ4v) is 4.01. The second-order valence-corrected chi connectivity index (χ2v) is 8.03. The summed E-state index contributed by atoms with van der Waals surface area (Å²) in [4.78, 5) is 30.5. The van der Waals surface area contributed by atoms with Gasteiger partial charge in [-0.3, -0.25) is 9.59 Å². The first-order chi connectivity index (χ1) is 15.4. The molecule has 170 valence electrons. The molecular formula is C23H24F2N2O4S. The number of hydrogen-bond acceptors (Lipinski definition) is 6. The predicted molar refractivity (Wildman–Crippen MR) is 119 cm³/mol. The van der Waals surface area contributed by atoms with Crippen molar-refractivity contribution in [3.63, 3.8) is 0 Å². The van der Waals surface area contributed by atoms with E-state index in [1.165, 1.54) is 11.0 Å².